The lowest BCUT2D eigenvalue weighted by atomic mass is 10.1. The number of fused-ring (bicyclic) bond motifs is 6. The first kappa shape index (κ1) is 28.5. The average Bonchev–Trinajstić information content (AvgIpc) is 3.74. The van der Waals surface area contributed by atoms with E-state index in [0.29, 0.717) is 11.8 Å². The van der Waals surface area contributed by atoms with Gasteiger partial charge in [-0.15, -0.1) is 11.3 Å². The van der Waals surface area contributed by atoms with E-state index >= 15 is 0 Å². The molecular weight excluding hydrogens is 631 g/mol. The van der Waals surface area contributed by atoms with Gasteiger partial charge in [0.1, 0.15) is 0 Å². The van der Waals surface area contributed by atoms with E-state index in [0.717, 1.165) is 76.7 Å². The highest BCUT2D eigenvalue weighted by Crippen LogP contribution is 2.40. The fourth-order valence-electron chi connectivity index (χ4n) is 6.89. The zero-order chi connectivity index (χ0) is 33.0. The Morgan fingerprint density at radius 1 is 0.420 bits per heavy atom. The Bertz CT molecular complexity index is 2800. The van der Waals surface area contributed by atoms with Gasteiger partial charge in [0.05, 0.1) is 38.3 Å². The molecule has 234 valence electrons. The molecule has 10 rings (SSSR count). The average molecular weight is 658 g/mol. The van der Waals surface area contributed by atoms with Gasteiger partial charge in [0.25, 0.3) is 0 Å². The van der Waals surface area contributed by atoms with Crippen LogP contribution in [-0.2, 0) is 0 Å². The lowest BCUT2D eigenvalue weighted by molar-refractivity contribution is 0.995. The predicted octanol–water partition coefficient (Wildman–Crippen LogP) is 11.4. The summed E-state index contributed by atoms with van der Waals surface area (Å²) in [6, 6.07) is 56.6. The zero-order valence-corrected chi connectivity index (χ0v) is 27.5. The zero-order valence-electron chi connectivity index (χ0n) is 26.7. The Morgan fingerprint density at radius 3 is 1.70 bits per heavy atom. The summed E-state index contributed by atoms with van der Waals surface area (Å²) in [5.74, 6) is 1.32. The highest BCUT2D eigenvalue weighted by molar-refractivity contribution is 7.26. The van der Waals surface area contributed by atoms with E-state index in [1.54, 1.807) is 11.3 Å². The lowest BCUT2D eigenvalue weighted by Gasteiger charge is -2.12. The number of rotatable bonds is 5. The molecular formula is C44H27N5S. The van der Waals surface area contributed by atoms with Crippen molar-refractivity contribution in [3.63, 3.8) is 0 Å². The highest BCUT2D eigenvalue weighted by Gasteiger charge is 2.20. The van der Waals surface area contributed by atoms with Gasteiger partial charge < -0.3 is 0 Å². The summed E-state index contributed by atoms with van der Waals surface area (Å²) in [6.07, 6.45) is 0. The summed E-state index contributed by atoms with van der Waals surface area (Å²) in [6.45, 7) is 0. The monoisotopic (exact) mass is 657 g/mol. The van der Waals surface area contributed by atoms with Crippen LogP contribution in [0.5, 0.6) is 0 Å². The third-order valence-electron chi connectivity index (χ3n) is 9.25. The number of thiophene rings is 1. The van der Waals surface area contributed by atoms with Crippen molar-refractivity contribution in [2.75, 3.05) is 0 Å². The summed E-state index contributed by atoms with van der Waals surface area (Å²) in [7, 11) is 0. The molecule has 0 bridgehead atoms. The van der Waals surface area contributed by atoms with E-state index in [1.807, 2.05) is 42.5 Å². The standard InChI is InChI=1S/C44H27N5S/c1-4-14-28(15-5-1)35-27-36(29-16-6-2-7-17-29)46-44(45-35)49-37-22-12-10-20-32(37)34-26-31(24-25-38(34)49)43-47-40(30-18-8-3-9-19-30)42-41(48-43)33-21-11-13-23-39(33)50-42/h1-27H. The van der Waals surface area contributed by atoms with Crippen molar-refractivity contribution in [2.24, 2.45) is 0 Å². The van der Waals surface area contributed by atoms with Crippen LogP contribution >= 0.6 is 11.3 Å². The maximum atomic E-state index is 5.25. The smallest absolute Gasteiger partial charge is 0.235 e. The van der Waals surface area contributed by atoms with Crippen LogP contribution < -0.4 is 0 Å². The second kappa shape index (κ2) is 11.6. The van der Waals surface area contributed by atoms with E-state index in [4.69, 9.17) is 19.9 Å². The van der Waals surface area contributed by atoms with Gasteiger partial charge in [-0.05, 0) is 36.4 Å². The molecule has 0 atom stereocenters. The van der Waals surface area contributed by atoms with E-state index < -0.39 is 0 Å². The lowest BCUT2D eigenvalue weighted by Crippen LogP contribution is -2.04. The van der Waals surface area contributed by atoms with Crippen molar-refractivity contribution in [1.82, 2.24) is 24.5 Å². The molecule has 0 amide bonds. The normalized spacial score (nSPS) is 11.6. The molecule has 10 aromatic rings. The van der Waals surface area contributed by atoms with E-state index in [9.17, 15) is 0 Å². The molecule has 4 heterocycles. The molecule has 0 spiro atoms. The second-order valence-corrected chi connectivity index (χ2v) is 13.3. The fraction of sp³-hybridized carbons (Fsp3) is 0. The molecule has 4 aromatic heterocycles. The first-order chi connectivity index (χ1) is 24.8. The minimum atomic E-state index is 0.623. The summed E-state index contributed by atoms with van der Waals surface area (Å²) in [5, 5.41) is 3.36. The van der Waals surface area contributed by atoms with E-state index in [1.165, 1.54) is 4.70 Å². The molecule has 0 fully saturated rings. The SMILES string of the molecule is c1ccc(-c2cc(-c3ccccc3)nc(-n3c4ccccc4c4cc(-c5nc(-c6ccccc6)c6sc7ccccc7c6n5)ccc43)n2)cc1. The minimum Gasteiger partial charge on any atom is -0.278 e. The van der Waals surface area contributed by atoms with Gasteiger partial charge in [0.2, 0.25) is 5.95 Å². The minimum absolute atomic E-state index is 0.623. The van der Waals surface area contributed by atoms with E-state index in [-0.39, 0.29) is 0 Å². The van der Waals surface area contributed by atoms with Crippen molar-refractivity contribution >= 4 is 53.4 Å². The summed E-state index contributed by atoms with van der Waals surface area (Å²) >= 11 is 1.75. The Balaban J connectivity index is 1.21. The molecule has 6 heteroatoms. The summed E-state index contributed by atoms with van der Waals surface area (Å²) in [5.41, 5.74) is 9.85. The third kappa shape index (κ3) is 4.69. The summed E-state index contributed by atoms with van der Waals surface area (Å²) < 4.78 is 4.49. The van der Waals surface area contributed by atoms with Gasteiger partial charge in [0.15, 0.2) is 5.82 Å². The van der Waals surface area contributed by atoms with E-state index in [2.05, 4.69) is 126 Å². The number of para-hydroxylation sites is 1. The predicted molar refractivity (Wildman–Crippen MR) is 207 cm³/mol. The van der Waals surface area contributed by atoms with Gasteiger partial charge in [-0.25, -0.2) is 19.9 Å². The van der Waals surface area contributed by atoms with Gasteiger partial charge in [0, 0.05) is 43.1 Å². The van der Waals surface area contributed by atoms with Crippen LogP contribution in [0.1, 0.15) is 0 Å². The number of hydrogen-bond donors (Lipinski definition) is 0. The number of benzene rings is 6. The van der Waals surface area contributed by atoms with Crippen LogP contribution in [0.15, 0.2) is 164 Å². The van der Waals surface area contributed by atoms with Crippen molar-refractivity contribution in [3.8, 4) is 51.1 Å². The molecule has 50 heavy (non-hydrogen) atoms. The van der Waals surface area contributed by atoms with Crippen molar-refractivity contribution in [2.45, 2.75) is 0 Å². The molecule has 5 nitrogen and oxygen atoms in total. The van der Waals surface area contributed by atoms with Gasteiger partial charge in [-0.1, -0.05) is 127 Å². The van der Waals surface area contributed by atoms with Crippen LogP contribution in [0.4, 0.5) is 0 Å². The Labute approximate surface area is 291 Å². The largest absolute Gasteiger partial charge is 0.278 e. The topological polar surface area (TPSA) is 56.5 Å². The Hall–Kier alpha value is -6.50. The number of aromatic nitrogens is 5. The molecule has 6 aromatic carbocycles. The number of nitrogens with zero attached hydrogens (tertiary/aromatic N) is 5. The first-order valence-electron chi connectivity index (χ1n) is 16.6. The van der Waals surface area contributed by atoms with Crippen LogP contribution in [0.25, 0.3) is 93.2 Å². The molecule has 0 saturated carbocycles. The second-order valence-electron chi connectivity index (χ2n) is 12.3. The van der Waals surface area contributed by atoms with Crippen LogP contribution in [0.3, 0.4) is 0 Å². The maximum Gasteiger partial charge on any atom is 0.235 e. The molecule has 0 aliphatic rings. The van der Waals surface area contributed by atoms with Crippen LogP contribution in [-0.4, -0.2) is 24.5 Å². The highest BCUT2D eigenvalue weighted by atomic mass is 32.1. The molecule has 0 unspecified atom stereocenters. The quantitative estimate of drug-likeness (QED) is 0.185. The third-order valence-corrected chi connectivity index (χ3v) is 10.4. The Kier molecular flexibility index (Phi) is 6.60. The van der Waals surface area contributed by atoms with Crippen molar-refractivity contribution < 1.29 is 0 Å². The first-order valence-corrected chi connectivity index (χ1v) is 17.4. The molecule has 0 radical (unpaired) electrons. The van der Waals surface area contributed by atoms with Crippen LogP contribution in [0, 0.1) is 0 Å². The van der Waals surface area contributed by atoms with Gasteiger partial charge >= 0.3 is 0 Å². The summed E-state index contributed by atoms with van der Waals surface area (Å²) in [4.78, 5) is 20.8. The fourth-order valence-corrected chi connectivity index (χ4v) is 8.04. The van der Waals surface area contributed by atoms with Gasteiger partial charge in [-0.2, -0.15) is 0 Å². The molecule has 0 aliphatic heterocycles. The Morgan fingerprint density at radius 2 is 1.00 bits per heavy atom. The van der Waals surface area contributed by atoms with Crippen LogP contribution in [0.2, 0.25) is 0 Å². The number of hydrogen-bond acceptors (Lipinski definition) is 5. The van der Waals surface area contributed by atoms with Crippen molar-refractivity contribution in [1.29, 1.82) is 0 Å². The van der Waals surface area contributed by atoms with Crippen molar-refractivity contribution in [3.05, 3.63) is 164 Å². The molecule has 0 N–H and O–H groups in total. The molecule has 0 aliphatic carbocycles. The maximum absolute atomic E-state index is 5.25. The molecule has 0 saturated heterocycles. The van der Waals surface area contributed by atoms with Gasteiger partial charge in [-0.3, -0.25) is 4.57 Å².